The van der Waals surface area contributed by atoms with Gasteiger partial charge >= 0.3 is 5.97 Å². The summed E-state index contributed by atoms with van der Waals surface area (Å²) in [4.78, 5) is 11.0. The zero-order valence-corrected chi connectivity index (χ0v) is 9.44. The first-order chi connectivity index (χ1) is 7.07. The summed E-state index contributed by atoms with van der Waals surface area (Å²) in [6.45, 7) is 5.52. The van der Waals surface area contributed by atoms with Gasteiger partial charge in [0.2, 0.25) is 0 Å². The molecular weight excluding hydrogens is 198 g/mol. The third-order valence-electron chi connectivity index (χ3n) is 1.64. The first-order valence-corrected chi connectivity index (χ1v) is 5.20. The van der Waals surface area contributed by atoms with Crippen molar-refractivity contribution in [3.8, 4) is 0 Å². The van der Waals surface area contributed by atoms with Crippen molar-refractivity contribution < 1.29 is 19.4 Å². The molecular formula is C10H21NO4. The first kappa shape index (κ1) is 14.3. The second kappa shape index (κ2) is 8.64. The lowest BCUT2D eigenvalue weighted by Gasteiger charge is -2.10. The summed E-state index contributed by atoms with van der Waals surface area (Å²) in [6.07, 6.45) is -0.883. The van der Waals surface area contributed by atoms with Gasteiger partial charge in [-0.25, -0.2) is 4.79 Å². The quantitative estimate of drug-likeness (QED) is 0.440. The molecule has 0 spiro atoms. The predicted molar refractivity (Wildman–Crippen MR) is 56.3 cm³/mol. The molecule has 0 bridgehead atoms. The van der Waals surface area contributed by atoms with Gasteiger partial charge in [-0.05, 0) is 18.9 Å². The second-order valence-corrected chi connectivity index (χ2v) is 3.73. The number of rotatable bonds is 8. The number of esters is 1. The Labute approximate surface area is 90.5 Å². The highest BCUT2D eigenvalue weighted by molar-refractivity contribution is 5.74. The summed E-state index contributed by atoms with van der Waals surface area (Å²) in [6, 6.07) is 0. The van der Waals surface area contributed by atoms with Gasteiger partial charge in [0.1, 0.15) is 6.61 Å². The monoisotopic (exact) mass is 219 g/mol. The largest absolute Gasteiger partial charge is 0.461 e. The van der Waals surface area contributed by atoms with E-state index in [4.69, 9.17) is 20.3 Å². The summed E-state index contributed by atoms with van der Waals surface area (Å²) in [5.74, 6) is -0.169. The van der Waals surface area contributed by atoms with E-state index in [1.165, 1.54) is 0 Å². The smallest absolute Gasteiger partial charge is 0.335 e. The van der Waals surface area contributed by atoms with Gasteiger partial charge in [0.15, 0.2) is 6.10 Å². The highest BCUT2D eigenvalue weighted by atomic mass is 16.6. The Morgan fingerprint density at radius 2 is 2.07 bits per heavy atom. The highest BCUT2D eigenvalue weighted by Crippen LogP contribution is 1.95. The molecule has 0 saturated carbocycles. The van der Waals surface area contributed by atoms with Crippen LogP contribution in [0.5, 0.6) is 0 Å². The lowest BCUT2D eigenvalue weighted by atomic mass is 10.2. The fourth-order valence-electron chi connectivity index (χ4n) is 0.892. The van der Waals surface area contributed by atoms with E-state index in [-0.39, 0.29) is 19.6 Å². The molecule has 0 radical (unpaired) electrons. The normalized spacial score (nSPS) is 12.9. The van der Waals surface area contributed by atoms with E-state index in [1.54, 1.807) is 0 Å². The van der Waals surface area contributed by atoms with Gasteiger partial charge in [-0.15, -0.1) is 0 Å². The van der Waals surface area contributed by atoms with Crippen LogP contribution in [0.25, 0.3) is 0 Å². The maximum absolute atomic E-state index is 11.0. The summed E-state index contributed by atoms with van der Waals surface area (Å²) in [5.41, 5.74) is 5.18. The number of carbonyl (C=O) groups excluding carboxylic acids is 1. The Hall–Kier alpha value is -0.650. The van der Waals surface area contributed by atoms with Gasteiger partial charge in [0.05, 0.1) is 6.61 Å². The number of carbonyl (C=O) groups is 1. The van der Waals surface area contributed by atoms with Gasteiger partial charge in [-0.2, -0.15) is 0 Å². The summed E-state index contributed by atoms with van der Waals surface area (Å²) in [7, 11) is 0. The van der Waals surface area contributed by atoms with Crippen LogP contribution in [0, 0.1) is 5.92 Å². The SMILES string of the molecule is CC(C)COCCOC(=O)[C@@H](O)CCN. The zero-order valence-electron chi connectivity index (χ0n) is 9.44. The number of hydrogen-bond donors (Lipinski definition) is 2. The summed E-state index contributed by atoms with van der Waals surface area (Å²) < 4.78 is 9.97. The number of ether oxygens (including phenoxy) is 2. The second-order valence-electron chi connectivity index (χ2n) is 3.73. The highest BCUT2D eigenvalue weighted by Gasteiger charge is 2.14. The summed E-state index contributed by atoms with van der Waals surface area (Å²) in [5, 5.41) is 9.17. The molecule has 0 aromatic heterocycles. The van der Waals surface area contributed by atoms with E-state index >= 15 is 0 Å². The number of nitrogens with two attached hydrogens (primary N) is 1. The molecule has 0 fully saturated rings. The Bertz CT molecular complexity index is 173. The molecule has 5 nitrogen and oxygen atoms in total. The van der Waals surface area contributed by atoms with Crippen molar-refractivity contribution in [3.05, 3.63) is 0 Å². The Kier molecular flexibility index (Phi) is 8.27. The Balaban J connectivity index is 3.38. The van der Waals surface area contributed by atoms with Gasteiger partial charge in [0.25, 0.3) is 0 Å². The van der Waals surface area contributed by atoms with Gasteiger partial charge < -0.3 is 20.3 Å². The van der Waals surface area contributed by atoms with Gasteiger partial charge in [-0.1, -0.05) is 13.8 Å². The predicted octanol–water partition coefficient (Wildman–Crippen LogP) is -0.0881. The molecule has 5 heteroatoms. The molecule has 1 atom stereocenters. The van der Waals surface area contributed by atoms with Crippen LogP contribution in [0.1, 0.15) is 20.3 Å². The third kappa shape index (κ3) is 8.35. The summed E-state index contributed by atoms with van der Waals surface area (Å²) >= 11 is 0. The van der Waals surface area contributed by atoms with E-state index in [0.29, 0.717) is 19.1 Å². The topological polar surface area (TPSA) is 81.8 Å². The molecule has 0 aromatic rings. The molecule has 3 N–H and O–H groups in total. The van der Waals surface area contributed by atoms with E-state index in [2.05, 4.69) is 0 Å². The number of aliphatic hydroxyl groups is 1. The molecule has 0 aliphatic rings. The number of hydrogen-bond acceptors (Lipinski definition) is 5. The van der Waals surface area contributed by atoms with Gasteiger partial charge in [-0.3, -0.25) is 0 Å². The molecule has 0 heterocycles. The van der Waals surface area contributed by atoms with Crippen LogP contribution in [0.4, 0.5) is 0 Å². The number of aliphatic hydroxyl groups excluding tert-OH is 1. The minimum Gasteiger partial charge on any atom is -0.461 e. The van der Waals surface area contributed by atoms with Crippen LogP contribution in [-0.4, -0.2) is 43.5 Å². The van der Waals surface area contributed by atoms with Crippen molar-refractivity contribution in [1.82, 2.24) is 0 Å². The first-order valence-electron chi connectivity index (χ1n) is 5.20. The van der Waals surface area contributed by atoms with E-state index in [0.717, 1.165) is 0 Å². The van der Waals surface area contributed by atoms with Crippen molar-refractivity contribution in [3.63, 3.8) is 0 Å². The minimum atomic E-state index is -1.11. The lowest BCUT2D eigenvalue weighted by molar-refractivity contribution is -0.155. The molecule has 15 heavy (non-hydrogen) atoms. The average molecular weight is 219 g/mol. The Morgan fingerprint density at radius 1 is 1.40 bits per heavy atom. The van der Waals surface area contributed by atoms with Crippen LogP contribution in [0.3, 0.4) is 0 Å². The molecule has 0 aliphatic heterocycles. The molecule has 90 valence electrons. The van der Waals surface area contributed by atoms with E-state index in [1.807, 2.05) is 13.8 Å². The molecule has 0 unspecified atom stereocenters. The van der Waals surface area contributed by atoms with Crippen LogP contribution in [0.15, 0.2) is 0 Å². The maximum Gasteiger partial charge on any atom is 0.335 e. The fourth-order valence-corrected chi connectivity index (χ4v) is 0.892. The maximum atomic E-state index is 11.0. The van der Waals surface area contributed by atoms with Crippen molar-refractivity contribution in [1.29, 1.82) is 0 Å². The van der Waals surface area contributed by atoms with Crippen molar-refractivity contribution >= 4 is 5.97 Å². The third-order valence-corrected chi connectivity index (χ3v) is 1.64. The van der Waals surface area contributed by atoms with Crippen LogP contribution in [0.2, 0.25) is 0 Å². The molecule has 0 rings (SSSR count). The van der Waals surface area contributed by atoms with Gasteiger partial charge in [0, 0.05) is 6.61 Å². The average Bonchev–Trinajstić information content (AvgIpc) is 2.16. The standard InChI is InChI=1S/C10H21NO4/c1-8(2)7-14-5-6-15-10(13)9(12)3-4-11/h8-9,12H,3-7,11H2,1-2H3/t9-/m0/s1. The van der Waals surface area contributed by atoms with Crippen molar-refractivity contribution in [2.45, 2.75) is 26.4 Å². The van der Waals surface area contributed by atoms with Crippen LogP contribution >= 0.6 is 0 Å². The zero-order chi connectivity index (χ0) is 11.7. The molecule has 0 aromatic carbocycles. The lowest BCUT2D eigenvalue weighted by Crippen LogP contribution is -2.27. The molecule has 0 aliphatic carbocycles. The van der Waals surface area contributed by atoms with Crippen molar-refractivity contribution in [2.75, 3.05) is 26.4 Å². The molecule has 0 saturated heterocycles. The molecule has 0 amide bonds. The van der Waals surface area contributed by atoms with E-state index < -0.39 is 12.1 Å². The van der Waals surface area contributed by atoms with Crippen LogP contribution < -0.4 is 5.73 Å². The minimum absolute atomic E-state index is 0.174. The van der Waals surface area contributed by atoms with E-state index in [9.17, 15) is 4.79 Å². The van der Waals surface area contributed by atoms with Crippen molar-refractivity contribution in [2.24, 2.45) is 11.7 Å². The van der Waals surface area contributed by atoms with Crippen LogP contribution in [-0.2, 0) is 14.3 Å². The Morgan fingerprint density at radius 3 is 2.60 bits per heavy atom. The fraction of sp³-hybridized carbons (Fsp3) is 0.900.